The Bertz CT molecular complexity index is 760. The maximum Gasteiger partial charge on any atom is 0.175 e. The molecule has 2 aromatic rings. The fourth-order valence-corrected chi connectivity index (χ4v) is 2.69. The van der Waals surface area contributed by atoms with Gasteiger partial charge in [0.25, 0.3) is 0 Å². The molecular weight excluding hydrogens is 296 g/mol. The van der Waals surface area contributed by atoms with Gasteiger partial charge in [0, 0.05) is 18.4 Å². The van der Waals surface area contributed by atoms with Crippen LogP contribution in [-0.4, -0.2) is 14.7 Å². The summed E-state index contributed by atoms with van der Waals surface area (Å²) in [6.45, 7) is 0. The molecule has 0 aliphatic heterocycles. The minimum Gasteiger partial charge on any atom is -0.324 e. The second-order valence-electron chi connectivity index (χ2n) is 4.89. The van der Waals surface area contributed by atoms with Gasteiger partial charge in [-0.1, -0.05) is 18.2 Å². The molecular formula is C15H15F2NO2S. The van der Waals surface area contributed by atoms with Crippen molar-refractivity contribution in [1.29, 1.82) is 0 Å². The Morgan fingerprint density at radius 3 is 2.48 bits per heavy atom. The third-order valence-electron chi connectivity index (χ3n) is 3.17. The lowest BCUT2D eigenvalue weighted by Gasteiger charge is -2.13. The van der Waals surface area contributed by atoms with Gasteiger partial charge in [0.15, 0.2) is 9.84 Å². The van der Waals surface area contributed by atoms with Gasteiger partial charge in [-0.15, -0.1) is 0 Å². The Kier molecular flexibility index (Phi) is 4.39. The van der Waals surface area contributed by atoms with Crippen LogP contribution in [0.2, 0.25) is 0 Å². The molecule has 0 radical (unpaired) electrons. The van der Waals surface area contributed by atoms with Crippen molar-refractivity contribution in [3.05, 3.63) is 65.2 Å². The van der Waals surface area contributed by atoms with Crippen molar-refractivity contribution in [3.63, 3.8) is 0 Å². The van der Waals surface area contributed by atoms with Crippen molar-refractivity contribution in [3.8, 4) is 0 Å². The first-order chi connectivity index (χ1) is 9.77. The fraction of sp³-hybridized carbons (Fsp3) is 0.200. The minimum absolute atomic E-state index is 0.152. The van der Waals surface area contributed by atoms with Gasteiger partial charge in [0.1, 0.15) is 11.6 Å². The second kappa shape index (κ2) is 5.91. The summed E-state index contributed by atoms with van der Waals surface area (Å²) in [5, 5.41) is 0. The van der Waals surface area contributed by atoms with E-state index in [4.69, 9.17) is 5.73 Å². The van der Waals surface area contributed by atoms with Crippen LogP contribution < -0.4 is 5.73 Å². The second-order valence-corrected chi connectivity index (χ2v) is 6.91. The predicted molar refractivity (Wildman–Crippen MR) is 76.5 cm³/mol. The van der Waals surface area contributed by atoms with Crippen LogP contribution in [0.4, 0.5) is 8.78 Å². The van der Waals surface area contributed by atoms with Gasteiger partial charge >= 0.3 is 0 Å². The third kappa shape index (κ3) is 3.86. The standard InChI is InChI=1S/C15H15F2NO2S/c1-21(19,20)13-4-2-3-11(7-13)15(18)8-10-5-6-12(16)9-14(10)17/h2-7,9,15H,8,18H2,1H3. The van der Waals surface area contributed by atoms with Gasteiger partial charge in [-0.25, -0.2) is 17.2 Å². The summed E-state index contributed by atoms with van der Waals surface area (Å²) < 4.78 is 49.5. The van der Waals surface area contributed by atoms with Crippen LogP contribution in [0.15, 0.2) is 47.4 Å². The lowest BCUT2D eigenvalue weighted by atomic mass is 9.99. The summed E-state index contributed by atoms with van der Waals surface area (Å²) >= 11 is 0. The molecule has 0 aromatic heterocycles. The highest BCUT2D eigenvalue weighted by Crippen LogP contribution is 2.21. The Labute approximate surface area is 122 Å². The Morgan fingerprint density at radius 1 is 1.14 bits per heavy atom. The monoisotopic (exact) mass is 311 g/mol. The zero-order valence-electron chi connectivity index (χ0n) is 11.4. The van der Waals surface area contributed by atoms with Crippen LogP contribution in [0.5, 0.6) is 0 Å². The first-order valence-electron chi connectivity index (χ1n) is 6.27. The number of nitrogens with two attached hydrogens (primary N) is 1. The van der Waals surface area contributed by atoms with Crippen molar-refractivity contribution in [2.75, 3.05) is 6.26 Å². The maximum absolute atomic E-state index is 13.6. The molecule has 0 spiro atoms. The van der Waals surface area contributed by atoms with Gasteiger partial charge in [-0.3, -0.25) is 0 Å². The van der Waals surface area contributed by atoms with E-state index in [1.807, 2.05) is 0 Å². The number of hydrogen-bond donors (Lipinski definition) is 1. The third-order valence-corrected chi connectivity index (χ3v) is 4.28. The smallest absolute Gasteiger partial charge is 0.175 e. The average molecular weight is 311 g/mol. The summed E-state index contributed by atoms with van der Waals surface area (Å²) in [5.74, 6) is -1.31. The van der Waals surface area contributed by atoms with E-state index in [0.717, 1.165) is 18.4 Å². The first-order valence-corrected chi connectivity index (χ1v) is 8.16. The molecule has 0 saturated carbocycles. The Hall–Kier alpha value is -1.79. The van der Waals surface area contributed by atoms with E-state index in [2.05, 4.69) is 0 Å². The Morgan fingerprint density at radius 2 is 1.86 bits per heavy atom. The summed E-state index contributed by atoms with van der Waals surface area (Å²) in [5.41, 5.74) is 6.86. The van der Waals surface area contributed by atoms with Gasteiger partial charge < -0.3 is 5.73 Å². The van der Waals surface area contributed by atoms with Crippen molar-refractivity contribution in [2.45, 2.75) is 17.4 Å². The van der Waals surface area contributed by atoms with Crippen molar-refractivity contribution >= 4 is 9.84 Å². The molecule has 2 N–H and O–H groups in total. The van der Waals surface area contributed by atoms with E-state index < -0.39 is 27.5 Å². The molecule has 1 atom stereocenters. The van der Waals surface area contributed by atoms with E-state index in [9.17, 15) is 17.2 Å². The quantitative estimate of drug-likeness (QED) is 0.944. The topological polar surface area (TPSA) is 60.2 Å². The molecule has 2 rings (SSSR count). The van der Waals surface area contributed by atoms with E-state index in [1.54, 1.807) is 12.1 Å². The molecule has 0 saturated heterocycles. The molecule has 0 bridgehead atoms. The zero-order chi connectivity index (χ0) is 15.6. The maximum atomic E-state index is 13.6. The lowest BCUT2D eigenvalue weighted by Crippen LogP contribution is -2.15. The molecule has 0 heterocycles. The van der Waals surface area contributed by atoms with Crippen LogP contribution in [0, 0.1) is 11.6 Å². The van der Waals surface area contributed by atoms with Gasteiger partial charge in [-0.2, -0.15) is 0 Å². The molecule has 0 amide bonds. The first kappa shape index (κ1) is 15.6. The van der Waals surface area contributed by atoms with Crippen LogP contribution in [0.3, 0.4) is 0 Å². The molecule has 6 heteroatoms. The van der Waals surface area contributed by atoms with Crippen molar-refractivity contribution in [1.82, 2.24) is 0 Å². The van der Waals surface area contributed by atoms with Gasteiger partial charge in [0.2, 0.25) is 0 Å². The molecule has 3 nitrogen and oxygen atoms in total. The fourth-order valence-electron chi connectivity index (χ4n) is 2.02. The Balaban J connectivity index is 2.26. The van der Waals surface area contributed by atoms with E-state index in [0.29, 0.717) is 5.56 Å². The number of sulfone groups is 1. The lowest BCUT2D eigenvalue weighted by molar-refractivity contribution is 0.562. The predicted octanol–water partition coefficient (Wildman–Crippen LogP) is 2.61. The largest absolute Gasteiger partial charge is 0.324 e. The molecule has 0 aliphatic rings. The highest BCUT2D eigenvalue weighted by Gasteiger charge is 2.14. The van der Waals surface area contributed by atoms with Crippen molar-refractivity contribution in [2.24, 2.45) is 5.73 Å². The van der Waals surface area contributed by atoms with Gasteiger partial charge in [-0.05, 0) is 35.7 Å². The molecule has 2 aromatic carbocycles. The summed E-state index contributed by atoms with van der Waals surface area (Å²) in [7, 11) is -3.32. The highest BCUT2D eigenvalue weighted by molar-refractivity contribution is 7.90. The van der Waals surface area contributed by atoms with Crippen LogP contribution in [-0.2, 0) is 16.3 Å². The highest BCUT2D eigenvalue weighted by atomic mass is 32.2. The average Bonchev–Trinajstić information content (AvgIpc) is 2.41. The molecule has 112 valence electrons. The summed E-state index contributed by atoms with van der Waals surface area (Å²) in [6.07, 6.45) is 1.26. The summed E-state index contributed by atoms with van der Waals surface area (Å²) in [6, 6.07) is 8.95. The summed E-state index contributed by atoms with van der Waals surface area (Å²) in [4.78, 5) is 0.162. The van der Waals surface area contributed by atoms with Crippen LogP contribution in [0.25, 0.3) is 0 Å². The van der Waals surface area contributed by atoms with Crippen LogP contribution >= 0.6 is 0 Å². The SMILES string of the molecule is CS(=O)(=O)c1cccc(C(N)Cc2ccc(F)cc2F)c1. The van der Waals surface area contributed by atoms with Gasteiger partial charge in [0.05, 0.1) is 4.90 Å². The van der Waals surface area contributed by atoms with Crippen molar-refractivity contribution < 1.29 is 17.2 Å². The molecule has 1 unspecified atom stereocenters. The molecule has 0 aliphatic carbocycles. The normalized spacial score (nSPS) is 13.1. The number of rotatable bonds is 4. The number of halogens is 2. The number of hydrogen-bond acceptors (Lipinski definition) is 3. The van der Waals surface area contributed by atoms with Crippen LogP contribution in [0.1, 0.15) is 17.2 Å². The van der Waals surface area contributed by atoms with E-state index in [-0.39, 0.29) is 16.9 Å². The number of benzene rings is 2. The minimum atomic E-state index is -3.32. The zero-order valence-corrected chi connectivity index (χ0v) is 12.2. The molecule has 21 heavy (non-hydrogen) atoms. The van der Waals surface area contributed by atoms with E-state index in [1.165, 1.54) is 18.2 Å². The van der Waals surface area contributed by atoms with E-state index >= 15 is 0 Å². The molecule has 0 fully saturated rings.